The molecule has 1 atom stereocenters. The number of benzene rings is 2. The maximum atomic E-state index is 12.8. The molecule has 1 saturated heterocycles. The van der Waals surface area contributed by atoms with Crippen molar-refractivity contribution in [3.05, 3.63) is 71.3 Å². The van der Waals surface area contributed by atoms with Gasteiger partial charge in [-0.05, 0) is 43.0 Å². The van der Waals surface area contributed by atoms with Crippen LogP contribution < -0.4 is 0 Å². The number of nitrogens with zero attached hydrogens (tertiary/aromatic N) is 3. The molecule has 0 spiro atoms. The van der Waals surface area contributed by atoms with Gasteiger partial charge in [0.2, 0.25) is 0 Å². The molecule has 0 saturated carbocycles. The number of hydrogen-bond acceptors (Lipinski definition) is 3. The number of hydrazone groups is 1. The summed E-state index contributed by atoms with van der Waals surface area (Å²) >= 11 is 0. The molecule has 26 heavy (non-hydrogen) atoms. The van der Waals surface area contributed by atoms with E-state index >= 15 is 0 Å². The largest absolute Gasteiger partial charge is 0.287 e. The summed E-state index contributed by atoms with van der Waals surface area (Å²) in [5.74, 6) is 0.108. The second-order valence-corrected chi connectivity index (χ2v) is 7.16. The zero-order chi connectivity index (χ0) is 17.9. The predicted octanol–water partition coefficient (Wildman–Crippen LogP) is 3.77. The maximum Gasteiger partial charge on any atom is 0.256 e. The van der Waals surface area contributed by atoms with Crippen molar-refractivity contribution in [3.63, 3.8) is 0 Å². The Kier molecular flexibility index (Phi) is 4.85. The molecule has 2 aliphatic rings. The van der Waals surface area contributed by atoms with Crippen LogP contribution in [0.2, 0.25) is 0 Å². The van der Waals surface area contributed by atoms with Crippen molar-refractivity contribution in [1.82, 2.24) is 9.91 Å². The van der Waals surface area contributed by atoms with E-state index in [0.717, 1.165) is 37.1 Å². The number of hydrogen-bond donors (Lipinski definition) is 0. The molecule has 0 radical (unpaired) electrons. The molecule has 2 aromatic rings. The van der Waals surface area contributed by atoms with E-state index in [4.69, 9.17) is 0 Å². The van der Waals surface area contributed by atoms with Crippen molar-refractivity contribution in [1.29, 1.82) is 0 Å². The van der Waals surface area contributed by atoms with Gasteiger partial charge in [-0.15, -0.1) is 0 Å². The van der Waals surface area contributed by atoms with Crippen molar-refractivity contribution in [2.45, 2.75) is 32.2 Å². The first-order valence-corrected chi connectivity index (χ1v) is 9.45. The highest BCUT2D eigenvalue weighted by atomic mass is 16.2. The summed E-state index contributed by atoms with van der Waals surface area (Å²) in [6.45, 7) is 4.27. The van der Waals surface area contributed by atoms with Gasteiger partial charge in [-0.25, -0.2) is 5.01 Å². The van der Waals surface area contributed by atoms with Crippen LogP contribution in [0.1, 0.15) is 42.0 Å². The van der Waals surface area contributed by atoms with Crippen molar-refractivity contribution >= 4 is 11.6 Å². The average molecular weight is 347 g/mol. The third-order valence-electron chi connectivity index (χ3n) is 5.45. The fraction of sp³-hybridized carbons (Fsp3) is 0.364. The summed E-state index contributed by atoms with van der Waals surface area (Å²) in [6, 6.07) is 19.0. The minimum Gasteiger partial charge on any atom is -0.287 e. The third-order valence-corrected chi connectivity index (χ3v) is 5.45. The van der Waals surface area contributed by atoms with Crippen LogP contribution in [0.15, 0.2) is 59.7 Å². The van der Waals surface area contributed by atoms with Gasteiger partial charge >= 0.3 is 0 Å². The molecule has 2 heterocycles. The minimum atomic E-state index is 0.108. The minimum absolute atomic E-state index is 0.108. The van der Waals surface area contributed by atoms with Gasteiger partial charge in [-0.3, -0.25) is 9.69 Å². The molecule has 1 amide bonds. The second kappa shape index (κ2) is 7.42. The summed E-state index contributed by atoms with van der Waals surface area (Å²) < 4.78 is 0. The maximum absolute atomic E-state index is 12.8. The van der Waals surface area contributed by atoms with Crippen molar-refractivity contribution in [3.8, 4) is 0 Å². The first-order valence-electron chi connectivity index (χ1n) is 9.45. The number of rotatable bonds is 4. The zero-order valence-electron chi connectivity index (χ0n) is 15.3. The normalized spacial score (nSPS) is 20.4. The molecule has 4 nitrogen and oxygen atoms in total. The smallest absolute Gasteiger partial charge is 0.256 e. The van der Waals surface area contributed by atoms with Gasteiger partial charge < -0.3 is 0 Å². The van der Waals surface area contributed by atoms with Gasteiger partial charge in [0.25, 0.3) is 5.91 Å². The molecule has 134 valence electrons. The van der Waals surface area contributed by atoms with Gasteiger partial charge in [-0.2, -0.15) is 5.10 Å². The fourth-order valence-electron chi connectivity index (χ4n) is 4.05. The monoisotopic (exact) mass is 347 g/mol. The lowest BCUT2D eigenvalue weighted by atomic mass is 9.99. The lowest BCUT2D eigenvalue weighted by Crippen LogP contribution is -2.37. The number of carbonyl (C=O) groups is 1. The molecule has 0 unspecified atom stereocenters. The first-order chi connectivity index (χ1) is 12.7. The predicted molar refractivity (Wildman–Crippen MR) is 104 cm³/mol. The molecule has 2 aromatic carbocycles. The topological polar surface area (TPSA) is 35.9 Å². The van der Waals surface area contributed by atoms with Gasteiger partial charge in [0.1, 0.15) is 0 Å². The Labute approximate surface area is 155 Å². The molecule has 0 bridgehead atoms. The second-order valence-electron chi connectivity index (χ2n) is 7.16. The number of amides is 1. The Balaban J connectivity index is 1.45. The highest BCUT2D eigenvalue weighted by molar-refractivity contribution is 6.02. The summed E-state index contributed by atoms with van der Waals surface area (Å²) in [7, 11) is 0. The summed E-state index contributed by atoms with van der Waals surface area (Å²) in [4.78, 5) is 15.1. The summed E-state index contributed by atoms with van der Waals surface area (Å²) in [5, 5.41) is 6.25. The third kappa shape index (κ3) is 3.42. The highest BCUT2D eigenvalue weighted by Gasteiger charge is 2.31. The van der Waals surface area contributed by atoms with Crippen LogP contribution in [0.5, 0.6) is 0 Å². The van der Waals surface area contributed by atoms with Crippen LogP contribution >= 0.6 is 0 Å². The first kappa shape index (κ1) is 17.0. The van der Waals surface area contributed by atoms with Crippen LogP contribution in [-0.2, 0) is 4.79 Å². The van der Waals surface area contributed by atoms with E-state index in [-0.39, 0.29) is 5.91 Å². The van der Waals surface area contributed by atoms with E-state index in [1.54, 1.807) is 5.01 Å². The van der Waals surface area contributed by atoms with E-state index in [2.05, 4.69) is 53.3 Å². The van der Waals surface area contributed by atoms with E-state index in [9.17, 15) is 4.79 Å². The summed E-state index contributed by atoms with van der Waals surface area (Å²) in [5.41, 5.74) is 4.78. The highest BCUT2D eigenvalue weighted by Crippen LogP contribution is 2.33. The van der Waals surface area contributed by atoms with Gasteiger partial charge in [0.05, 0.1) is 18.8 Å². The van der Waals surface area contributed by atoms with E-state index in [1.165, 1.54) is 11.1 Å². The SMILES string of the molecule is Cc1ccccc1[C@@H]1CCCN1CC(=O)N1CCC(c2ccccc2)=N1. The van der Waals surface area contributed by atoms with E-state index in [1.807, 2.05) is 18.2 Å². The zero-order valence-corrected chi connectivity index (χ0v) is 15.3. The van der Waals surface area contributed by atoms with E-state index < -0.39 is 0 Å². The molecule has 4 heteroatoms. The van der Waals surface area contributed by atoms with Crippen molar-refractivity contribution < 1.29 is 4.79 Å². The van der Waals surface area contributed by atoms with Crippen LogP contribution in [0.3, 0.4) is 0 Å². The van der Waals surface area contributed by atoms with Gasteiger partial charge in [0.15, 0.2) is 0 Å². The molecule has 0 aromatic heterocycles. The Hall–Kier alpha value is -2.46. The average Bonchev–Trinajstić information content (AvgIpc) is 3.33. The standard InChI is InChI=1S/C22H25N3O/c1-17-8-5-6-11-19(17)21-12-7-14-24(21)16-22(26)25-15-13-20(23-25)18-9-3-2-4-10-18/h2-6,8-11,21H,7,12-16H2,1H3/t21-/m0/s1. The Morgan fingerprint density at radius 2 is 1.85 bits per heavy atom. The van der Waals surface area contributed by atoms with Crippen LogP contribution in [0, 0.1) is 6.92 Å². The number of likely N-dealkylation sites (tertiary alicyclic amines) is 1. The quantitative estimate of drug-likeness (QED) is 0.844. The Morgan fingerprint density at radius 3 is 2.65 bits per heavy atom. The molecule has 1 fully saturated rings. The Morgan fingerprint density at radius 1 is 1.08 bits per heavy atom. The van der Waals surface area contributed by atoms with Crippen molar-refractivity contribution in [2.24, 2.45) is 5.10 Å². The molecular formula is C22H25N3O. The molecule has 2 aliphatic heterocycles. The molecule has 4 rings (SSSR count). The van der Waals surface area contributed by atoms with Crippen LogP contribution in [-0.4, -0.2) is 41.2 Å². The number of aryl methyl sites for hydroxylation is 1. The van der Waals surface area contributed by atoms with Crippen LogP contribution in [0.4, 0.5) is 0 Å². The molecular weight excluding hydrogens is 322 g/mol. The van der Waals surface area contributed by atoms with Crippen molar-refractivity contribution in [2.75, 3.05) is 19.6 Å². The van der Waals surface area contributed by atoms with Crippen LogP contribution in [0.25, 0.3) is 0 Å². The van der Waals surface area contributed by atoms with Gasteiger partial charge in [-0.1, -0.05) is 54.6 Å². The molecule has 0 N–H and O–H groups in total. The molecule has 0 aliphatic carbocycles. The van der Waals surface area contributed by atoms with E-state index in [0.29, 0.717) is 19.1 Å². The number of carbonyl (C=O) groups excluding carboxylic acids is 1. The van der Waals surface area contributed by atoms with Gasteiger partial charge in [0, 0.05) is 12.5 Å². The Bertz CT molecular complexity index is 815. The fourth-order valence-corrected chi connectivity index (χ4v) is 4.05. The lowest BCUT2D eigenvalue weighted by molar-refractivity contribution is -0.132. The summed E-state index contributed by atoms with van der Waals surface area (Å²) in [6.07, 6.45) is 3.10. The lowest BCUT2D eigenvalue weighted by Gasteiger charge is -2.26.